The number of aliphatic carboxylic acids is 1. The Hall–Kier alpha value is -1.26. The molecule has 2 amide bonds. The van der Waals surface area contributed by atoms with Gasteiger partial charge in [-0.3, -0.25) is 4.79 Å². The second-order valence-electron chi connectivity index (χ2n) is 4.53. The fraction of sp³-hybridized carbons (Fsp3) is 0.833. The van der Waals surface area contributed by atoms with Gasteiger partial charge in [-0.05, 0) is 25.7 Å². The van der Waals surface area contributed by atoms with Gasteiger partial charge in [-0.1, -0.05) is 13.3 Å². The van der Waals surface area contributed by atoms with E-state index in [-0.39, 0.29) is 18.5 Å². The molecule has 1 atom stereocenters. The molecule has 1 fully saturated rings. The van der Waals surface area contributed by atoms with E-state index in [1.165, 1.54) is 0 Å². The van der Waals surface area contributed by atoms with Gasteiger partial charge in [0.05, 0.1) is 6.42 Å². The standard InChI is InChI=1S/C12H22N2O3/c1-2-3-7-13-12(17)14-8-5-4-6-10(14)9-11(15)16/h10H,2-9H2,1H3,(H,13,17)(H,15,16). The molecule has 17 heavy (non-hydrogen) atoms. The fourth-order valence-electron chi connectivity index (χ4n) is 2.16. The van der Waals surface area contributed by atoms with E-state index >= 15 is 0 Å². The summed E-state index contributed by atoms with van der Waals surface area (Å²) in [4.78, 5) is 24.3. The first-order valence-corrected chi connectivity index (χ1v) is 6.41. The van der Waals surface area contributed by atoms with Crippen molar-refractivity contribution in [1.82, 2.24) is 10.2 Å². The minimum atomic E-state index is -0.830. The maximum absolute atomic E-state index is 11.9. The van der Waals surface area contributed by atoms with E-state index in [0.29, 0.717) is 13.1 Å². The Balaban J connectivity index is 2.45. The van der Waals surface area contributed by atoms with Gasteiger partial charge in [0.2, 0.25) is 0 Å². The van der Waals surface area contributed by atoms with E-state index in [1.54, 1.807) is 4.90 Å². The lowest BCUT2D eigenvalue weighted by Gasteiger charge is -2.34. The summed E-state index contributed by atoms with van der Waals surface area (Å²) in [6, 6.07) is -0.243. The highest BCUT2D eigenvalue weighted by Gasteiger charge is 2.27. The summed E-state index contributed by atoms with van der Waals surface area (Å²) < 4.78 is 0. The lowest BCUT2D eigenvalue weighted by Crippen LogP contribution is -2.49. The number of hydrogen-bond donors (Lipinski definition) is 2. The van der Waals surface area contributed by atoms with Gasteiger partial charge in [-0.15, -0.1) is 0 Å². The molecule has 0 saturated carbocycles. The highest BCUT2D eigenvalue weighted by molar-refractivity contribution is 5.76. The van der Waals surface area contributed by atoms with Crippen LogP contribution in [-0.4, -0.2) is 41.1 Å². The topological polar surface area (TPSA) is 69.6 Å². The predicted molar refractivity (Wildman–Crippen MR) is 64.9 cm³/mol. The molecule has 1 aliphatic heterocycles. The van der Waals surface area contributed by atoms with Crippen LogP contribution in [0.15, 0.2) is 0 Å². The molecule has 1 heterocycles. The van der Waals surface area contributed by atoms with Gasteiger partial charge in [-0.2, -0.15) is 0 Å². The summed E-state index contributed by atoms with van der Waals surface area (Å²) in [6.45, 7) is 3.42. The van der Waals surface area contributed by atoms with Crippen molar-refractivity contribution in [1.29, 1.82) is 0 Å². The number of carboxylic acid groups (broad SMARTS) is 1. The number of hydrogen-bond acceptors (Lipinski definition) is 2. The van der Waals surface area contributed by atoms with E-state index < -0.39 is 5.97 Å². The predicted octanol–water partition coefficient (Wildman–Crippen LogP) is 1.83. The van der Waals surface area contributed by atoms with Crippen molar-refractivity contribution in [3.63, 3.8) is 0 Å². The molecule has 0 aromatic heterocycles. The lowest BCUT2D eigenvalue weighted by molar-refractivity contribution is -0.138. The number of carboxylic acids is 1. The minimum Gasteiger partial charge on any atom is -0.481 e. The van der Waals surface area contributed by atoms with Crippen LogP contribution in [0.2, 0.25) is 0 Å². The molecule has 0 aliphatic carbocycles. The van der Waals surface area contributed by atoms with Crippen molar-refractivity contribution in [2.75, 3.05) is 13.1 Å². The molecule has 1 rings (SSSR count). The molecule has 5 heteroatoms. The first-order chi connectivity index (χ1) is 8.15. The smallest absolute Gasteiger partial charge is 0.317 e. The van der Waals surface area contributed by atoms with Crippen molar-refractivity contribution < 1.29 is 14.7 Å². The largest absolute Gasteiger partial charge is 0.481 e. The van der Waals surface area contributed by atoms with Crippen LogP contribution >= 0.6 is 0 Å². The van der Waals surface area contributed by atoms with Crippen LogP contribution in [0.4, 0.5) is 4.79 Å². The first kappa shape index (κ1) is 13.8. The third-order valence-corrected chi connectivity index (χ3v) is 3.10. The Kier molecular flexibility index (Phi) is 5.80. The molecule has 1 unspecified atom stereocenters. The molecule has 0 radical (unpaired) electrons. The Morgan fingerprint density at radius 2 is 2.18 bits per heavy atom. The van der Waals surface area contributed by atoms with Crippen LogP contribution in [0.5, 0.6) is 0 Å². The highest BCUT2D eigenvalue weighted by Crippen LogP contribution is 2.19. The van der Waals surface area contributed by atoms with E-state index in [0.717, 1.165) is 32.1 Å². The Morgan fingerprint density at radius 1 is 1.41 bits per heavy atom. The van der Waals surface area contributed by atoms with E-state index in [2.05, 4.69) is 12.2 Å². The van der Waals surface area contributed by atoms with E-state index in [1.807, 2.05) is 0 Å². The molecular formula is C12H22N2O3. The molecule has 5 nitrogen and oxygen atoms in total. The third-order valence-electron chi connectivity index (χ3n) is 3.10. The molecule has 0 bridgehead atoms. The summed E-state index contributed by atoms with van der Waals surface area (Å²) in [5, 5.41) is 11.7. The van der Waals surface area contributed by atoms with Crippen molar-refractivity contribution >= 4 is 12.0 Å². The molecule has 0 spiro atoms. The Morgan fingerprint density at radius 3 is 2.82 bits per heavy atom. The van der Waals surface area contributed by atoms with Crippen molar-refractivity contribution in [2.45, 2.75) is 51.5 Å². The molecule has 98 valence electrons. The van der Waals surface area contributed by atoms with Crippen LogP contribution in [0.25, 0.3) is 0 Å². The zero-order chi connectivity index (χ0) is 12.7. The number of amides is 2. The number of nitrogens with zero attached hydrogens (tertiary/aromatic N) is 1. The SMILES string of the molecule is CCCCNC(=O)N1CCCCC1CC(=O)O. The van der Waals surface area contributed by atoms with Gasteiger partial charge in [0.15, 0.2) is 0 Å². The average molecular weight is 242 g/mol. The number of nitrogens with one attached hydrogen (secondary N) is 1. The lowest BCUT2D eigenvalue weighted by atomic mass is 10.00. The molecule has 1 aliphatic rings. The highest BCUT2D eigenvalue weighted by atomic mass is 16.4. The van der Waals surface area contributed by atoms with Crippen LogP contribution in [0.3, 0.4) is 0 Å². The normalized spacial score (nSPS) is 20.1. The van der Waals surface area contributed by atoms with Crippen LogP contribution in [0.1, 0.15) is 45.4 Å². The molecule has 1 saturated heterocycles. The van der Waals surface area contributed by atoms with E-state index in [4.69, 9.17) is 5.11 Å². The average Bonchev–Trinajstić information content (AvgIpc) is 2.29. The summed E-state index contributed by atoms with van der Waals surface area (Å²) in [6.07, 6.45) is 4.84. The summed E-state index contributed by atoms with van der Waals surface area (Å²) >= 11 is 0. The van der Waals surface area contributed by atoms with Crippen LogP contribution < -0.4 is 5.32 Å². The van der Waals surface area contributed by atoms with Crippen LogP contribution in [-0.2, 0) is 4.79 Å². The van der Waals surface area contributed by atoms with Gasteiger partial charge in [0, 0.05) is 19.1 Å². The van der Waals surface area contributed by atoms with Gasteiger partial charge in [0.1, 0.15) is 0 Å². The zero-order valence-corrected chi connectivity index (χ0v) is 10.4. The number of rotatable bonds is 5. The van der Waals surface area contributed by atoms with Gasteiger partial charge in [-0.25, -0.2) is 4.79 Å². The third kappa shape index (κ3) is 4.63. The molecule has 0 aromatic rings. The van der Waals surface area contributed by atoms with Crippen LogP contribution in [0, 0.1) is 0 Å². The first-order valence-electron chi connectivity index (χ1n) is 6.41. The molecule has 0 aromatic carbocycles. The monoisotopic (exact) mass is 242 g/mol. The maximum atomic E-state index is 11.9. The van der Waals surface area contributed by atoms with Crippen molar-refractivity contribution in [3.05, 3.63) is 0 Å². The number of piperidine rings is 1. The fourth-order valence-corrected chi connectivity index (χ4v) is 2.16. The molecular weight excluding hydrogens is 220 g/mol. The Bertz CT molecular complexity index is 268. The summed E-state index contributed by atoms with van der Waals surface area (Å²) in [5.74, 6) is -0.830. The van der Waals surface area contributed by atoms with Gasteiger partial charge >= 0.3 is 12.0 Å². The molecule has 2 N–H and O–H groups in total. The number of urea groups is 1. The number of carbonyl (C=O) groups is 2. The zero-order valence-electron chi connectivity index (χ0n) is 10.4. The van der Waals surface area contributed by atoms with E-state index in [9.17, 15) is 9.59 Å². The maximum Gasteiger partial charge on any atom is 0.317 e. The summed E-state index contributed by atoms with van der Waals surface area (Å²) in [5.41, 5.74) is 0. The van der Waals surface area contributed by atoms with Crippen molar-refractivity contribution in [3.8, 4) is 0 Å². The van der Waals surface area contributed by atoms with Gasteiger partial charge in [0.25, 0.3) is 0 Å². The number of likely N-dealkylation sites (tertiary alicyclic amines) is 1. The van der Waals surface area contributed by atoms with Crippen molar-refractivity contribution in [2.24, 2.45) is 0 Å². The summed E-state index contributed by atoms with van der Waals surface area (Å²) in [7, 11) is 0. The Labute approximate surface area is 102 Å². The quantitative estimate of drug-likeness (QED) is 0.722. The number of carbonyl (C=O) groups excluding carboxylic acids is 1. The second kappa shape index (κ2) is 7.14. The second-order valence-corrected chi connectivity index (χ2v) is 4.53. The van der Waals surface area contributed by atoms with Gasteiger partial charge < -0.3 is 15.3 Å². The minimum absolute atomic E-state index is 0.0567. The number of unbranched alkanes of at least 4 members (excludes halogenated alkanes) is 1.